The molecule has 2 heterocycles. The van der Waals surface area contributed by atoms with Crippen LogP contribution in [0.2, 0.25) is 0 Å². The van der Waals surface area contributed by atoms with Gasteiger partial charge in [0, 0.05) is 6.61 Å². The van der Waals surface area contributed by atoms with Gasteiger partial charge in [-0.15, -0.1) is 0 Å². The highest BCUT2D eigenvalue weighted by Crippen LogP contribution is 2.18. The number of rotatable bonds is 5. The minimum absolute atomic E-state index is 0.0719. The third-order valence-electron chi connectivity index (χ3n) is 2.69. The number of aliphatic hydroxyl groups is 2. The Kier molecular flexibility index (Phi) is 3.58. The van der Waals surface area contributed by atoms with Gasteiger partial charge in [0.05, 0.1) is 6.33 Å². The summed E-state index contributed by atoms with van der Waals surface area (Å²) < 4.78 is 1.31. The highest BCUT2D eigenvalue weighted by molar-refractivity contribution is 5.70. The van der Waals surface area contributed by atoms with Gasteiger partial charge in [-0.1, -0.05) is 0 Å². The van der Waals surface area contributed by atoms with Gasteiger partial charge >= 0.3 is 5.56 Å². The first-order valence-corrected chi connectivity index (χ1v) is 5.65. The maximum atomic E-state index is 11.5. The molecule has 0 radical (unpaired) electrons. The number of anilines is 1. The van der Waals surface area contributed by atoms with Crippen LogP contribution < -0.4 is 11.3 Å². The van der Waals surface area contributed by atoms with Crippen LogP contribution in [0.1, 0.15) is 25.5 Å². The van der Waals surface area contributed by atoms with Gasteiger partial charge in [0.1, 0.15) is 6.23 Å². The number of aliphatic hydroxyl groups excluding tert-OH is 2. The van der Waals surface area contributed by atoms with Gasteiger partial charge in [0.15, 0.2) is 11.2 Å². The Morgan fingerprint density at radius 2 is 2.28 bits per heavy atom. The van der Waals surface area contributed by atoms with E-state index < -0.39 is 11.8 Å². The van der Waals surface area contributed by atoms with Crippen LogP contribution in [0.3, 0.4) is 0 Å². The zero-order valence-corrected chi connectivity index (χ0v) is 9.70. The SMILES string of the molecule is Nc1nc(=O)c2[nH]cnc2n1C(O)CCCCO. The van der Waals surface area contributed by atoms with E-state index in [9.17, 15) is 9.90 Å². The number of imidazole rings is 1. The smallest absolute Gasteiger partial charge is 0.300 e. The van der Waals surface area contributed by atoms with Crippen LogP contribution in [0.4, 0.5) is 5.95 Å². The quantitative estimate of drug-likeness (QED) is 0.524. The summed E-state index contributed by atoms with van der Waals surface area (Å²) >= 11 is 0. The Morgan fingerprint density at radius 3 is 3.00 bits per heavy atom. The molecule has 18 heavy (non-hydrogen) atoms. The molecule has 0 aliphatic heterocycles. The molecule has 8 heteroatoms. The Labute approximate surface area is 102 Å². The number of H-pyrrole nitrogens is 1. The van der Waals surface area contributed by atoms with Gasteiger partial charge < -0.3 is 20.9 Å². The van der Waals surface area contributed by atoms with Crippen molar-refractivity contribution >= 4 is 17.1 Å². The topological polar surface area (TPSA) is 130 Å². The van der Waals surface area contributed by atoms with Crippen molar-refractivity contribution in [3.05, 3.63) is 16.7 Å². The molecule has 0 saturated heterocycles. The molecule has 0 aliphatic rings. The summed E-state index contributed by atoms with van der Waals surface area (Å²) in [5.41, 5.74) is 5.63. The molecule has 2 rings (SSSR count). The molecule has 8 nitrogen and oxygen atoms in total. The first-order valence-electron chi connectivity index (χ1n) is 5.65. The van der Waals surface area contributed by atoms with Crippen molar-refractivity contribution in [2.24, 2.45) is 0 Å². The van der Waals surface area contributed by atoms with Gasteiger partial charge in [0.2, 0.25) is 5.95 Å². The summed E-state index contributed by atoms with van der Waals surface area (Å²) in [7, 11) is 0. The van der Waals surface area contributed by atoms with E-state index >= 15 is 0 Å². The summed E-state index contributed by atoms with van der Waals surface area (Å²) in [6.45, 7) is 0.0719. The molecule has 98 valence electrons. The van der Waals surface area contributed by atoms with Crippen molar-refractivity contribution < 1.29 is 10.2 Å². The van der Waals surface area contributed by atoms with Crippen LogP contribution in [0.5, 0.6) is 0 Å². The fourth-order valence-corrected chi connectivity index (χ4v) is 1.81. The minimum atomic E-state index is -0.921. The molecular weight excluding hydrogens is 238 g/mol. The molecule has 0 aromatic carbocycles. The standard InChI is InChI=1S/C10H15N5O3/c11-10-14-9(18)7-8(13-5-12-7)15(10)6(17)3-1-2-4-16/h5-6,16-17H,1-4H2,(H,12,13)(H2,11,14,18). The minimum Gasteiger partial charge on any atom is -0.396 e. The average Bonchev–Trinajstić information content (AvgIpc) is 2.78. The van der Waals surface area contributed by atoms with Gasteiger partial charge in [0.25, 0.3) is 0 Å². The molecule has 0 saturated carbocycles. The zero-order valence-electron chi connectivity index (χ0n) is 9.70. The Morgan fingerprint density at radius 1 is 1.50 bits per heavy atom. The lowest BCUT2D eigenvalue weighted by atomic mass is 10.2. The normalized spacial score (nSPS) is 13.0. The fraction of sp³-hybridized carbons (Fsp3) is 0.500. The van der Waals surface area contributed by atoms with Crippen molar-refractivity contribution in [3.63, 3.8) is 0 Å². The van der Waals surface area contributed by atoms with Gasteiger partial charge in [-0.05, 0) is 19.3 Å². The molecule has 1 unspecified atom stereocenters. The lowest BCUT2D eigenvalue weighted by Gasteiger charge is -2.16. The van der Waals surface area contributed by atoms with Crippen LogP contribution in [-0.4, -0.2) is 36.3 Å². The first kappa shape index (κ1) is 12.5. The van der Waals surface area contributed by atoms with Crippen molar-refractivity contribution in [3.8, 4) is 0 Å². The molecule has 0 aliphatic carbocycles. The zero-order chi connectivity index (χ0) is 13.1. The van der Waals surface area contributed by atoms with Crippen LogP contribution >= 0.6 is 0 Å². The monoisotopic (exact) mass is 253 g/mol. The molecule has 0 spiro atoms. The number of unbranched alkanes of at least 4 members (excludes halogenated alkanes) is 1. The van der Waals surface area contributed by atoms with Crippen molar-refractivity contribution in [2.45, 2.75) is 25.5 Å². The fourth-order valence-electron chi connectivity index (χ4n) is 1.81. The van der Waals surface area contributed by atoms with E-state index in [1.807, 2.05) is 0 Å². The molecule has 1 atom stereocenters. The van der Waals surface area contributed by atoms with E-state index in [0.717, 1.165) is 0 Å². The lowest BCUT2D eigenvalue weighted by molar-refractivity contribution is 0.0943. The molecule has 5 N–H and O–H groups in total. The van der Waals surface area contributed by atoms with E-state index in [1.165, 1.54) is 10.9 Å². The number of nitrogens with one attached hydrogen (secondary N) is 1. The van der Waals surface area contributed by atoms with Crippen molar-refractivity contribution in [2.75, 3.05) is 12.3 Å². The second-order valence-electron chi connectivity index (χ2n) is 3.95. The van der Waals surface area contributed by atoms with Crippen LogP contribution in [-0.2, 0) is 0 Å². The second kappa shape index (κ2) is 5.15. The maximum absolute atomic E-state index is 11.5. The van der Waals surface area contributed by atoms with E-state index in [4.69, 9.17) is 10.8 Å². The number of aromatic amines is 1. The summed E-state index contributed by atoms with van der Waals surface area (Å²) in [6, 6.07) is 0. The highest BCUT2D eigenvalue weighted by atomic mass is 16.3. The lowest BCUT2D eigenvalue weighted by Crippen LogP contribution is -2.21. The number of nitrogen functional groups attached to an aromatic ring is 1. The third kappa shape index (κ3) is 2.20. The van der Waals surface area contributed by atoms with Crippen LogP contribution in [0, 0.1) is 0 Å². The second-order valence-corrected chi connectivity index (χ2v) is 3.95. The van der Waals surface area contributed by atoms with E-state index in [0.29, 0.717) is 19.3 Å². The van der Waals surface area contributed by atoms with E-state index in [-0.39, 0.29) is 23.7 Å². The summed E-state index contributed by atoms with van der Waals surface area (Å²) in [6.07, 6.45) is 2.06. The summed E-state index contributed by atoms with van der Waals surface area (Å²) in [4.78, 5) is 21.8. The number of nitrogens with zero attached hydrogens (tertiary/aromatic N) is 3. The summed E-state index contributed by atoms with van der Waals surface area (Å²) in [5.74, 6) is -0.0731. The predicted octanol–water partition coefficient (Wildman–Crippen LogP) is -0.645. The maximum Gasteiger partial charge on any atom is 0.300 e. The molecular formula is C10H15N5O3. The predicted molar refractivity (Wildman–Crippen MR) is 64.8 cm³/mol. The van der Waals surface area contributed by atoms with Crippen molar-refractivity contribution in [1.29, 1.82) is 0 Å². The number of aromatic nitrogens is 4. The number of nitrogens with two attached hydrogens (primary N) is 1. The van der Waals surface area contributed by atoms with Gasteiger partial charge in [-0.25, -0.2) is 4.98 Å². The summed E-state index contributed by atoms with van der Waals surface area (Å²) in [5, 5.41) is 18.7. The molecule has 0 fully saturated rings. The largest absolute Gasteiger partial charge is 0.396 e. The van der Waals surface area contributed by atoms with Crippen molar-refractivity contribution in [1.82, 2.24) is 19.5 Å². The third-order valence-corrected chi connectivity index (χ3v) is 2.69. The molecule has 0 bridgehead atoms. The average molecular weight is 253 g/mol. The molecule has 2 aromatic rings. The van der Waals surface area contributed by atoms with Crippen LogP contribution in [0.15, 0.2) is 11.1 Å². The molecule has 0 amide bonds. The van der Waals surface area contributed by atoms with Crippen LogP contribution in [0.25, 0.3) is 11.2 Å². The Hall–Kier alpha value is -1.93. The highest BCUT2D eigenvalue weighted by Gasteiger charge is 2.16. The van der Waals surface area contributed by atoms with E-state index in [1.54, 1.807) is 0 Å². The number of fused-ring (bicyclic) bond motifs is 1. The Balaban J connectivity index is 2.37. The number of hydrogen-bond donors (Lipinski definition) is 4. The Bertz CT molecular complexity index is 591. The first-order chi connectivity index (χ1) is 8.65. The number of hydrogen-bond acceptors (Lipinski definition) is 6. The molecule has 2 aromatic heterocycles. The van der Waals surface area contributed by atoms with Gasteiger partial charge in [-0.3, -0.25) is 9.36 Å². The van der Waals surface area contributed by atoms with Gasteiger partial charge in [-0.2, -0.15) is 4.98 Å². The van der Waals surface area contributed by atoms with E-state index in [2.05, 4.69) is 15.0 Å².